The molecule has 0 saturated carbocycles. The minimum absolute atomic E-state index is 0.0779. The van der Waals surface area contributed by atoms with Crippen LogP contribution in [0.1, 0.15) is 76.3 Å². The van der Waals surface area contributed by atoms with E-state index in [0.717, 1.165) is 17.1 Å². The molecular weight excluding hydrogens is 462 g/mol. The zero-order valence-electron chi connectivity index (χ0n) is 23.2. The van der Waals surface area contributed by atoms with Crippen molar-refractivity contribution in [2.45, 2.75) is 70.6 Å². The molecule has 1 aliphatic carbocycles. The maximum absolute atomic E-state index is 5.46. The molecule has 2 nitrogen and oxygen atoms in total. The van der Waals surface area contributed by atoms with Gasteiger partial charge in [-0.15, -0.1) is 0 Å². The molecule has 4 aromatic carbocycles. The van der Waals surface area contributed by atoms with Crippen molar-refractivity contribution in [1.82, 2.24) is 0 Å². The average molecular weight is 504 g/mol. The number of rotatable bonds is 12. The van der Waals surface area contributed by atoms with E-state index in [0.29, 0.717) is 0 Å². The predicted molar refractivity (Wildman–Crippen MR) is 162 cm³/mol. The van der Waals surface area contributed by atoms with Crippen molar-refractivity contribution in [2.75, 3.05) is 12.0 Å². The van der Waals surface area contributed by atoms with Crippen LogP contribution in [0.5, 0.6) is 5.75 Å². The number of ether oxygens (including phenoxy) is 1. The minimum atomic E-state index is 0.0779. The predicted octanol–water partition coefficient (Wildman–Crippen LogP) is 10.6. The van der Waals surface area contributed by atoms with Gasteiger partial charge in [0.15, 0.2) is 0 Å². The van der Waals surface area contributed by atoms with Gasteiger partial charge in [0.05, 0.1) is 7.11 Å². The van der Waals surface area contributed by atoms with E-state index in [9.17, 15) is 0 Å². The highest BCUT2D eigenvalue weighted by Crippen LogP contribution is 2.55. The minimum Gasteiger partial charge on any atom is -0.497 e. The van der Waals surface area contributed by atoms with E-state index in [1.165, 1.54) is 79.3 Å². The Morgan fingerprint density at radius 2 is 1.16 bits per heavy atom. The first kappa shape index (κ1) is 26.1. The van der Waals surface area contributed by atoms with Crippen LogP contribution in [-0.2, 0) is 5.41 Å². The third-order valence-electron chi connectivity index (χ3n) is 8.27. The fourth-order valence-corrected chi connectivity index (χ4v) is 6.36. The zero-order chi connectivity index (χ0) is 26.4. The molecule has 4 aromatic rings. The van der Waals surface area contributed by atoms with Crippen LogP contribution in [0.25, 0.3) is 11.1 Å². The summed E-state index contributed by atoms with van der Waals surface area (Å²) >= 11 is 0. The summed E-state index contributed by atoms with van der Waals surface area (Å²) in [6.07, 6.45) is 10.0. The van der Waals surface area contributed by atoms with Crippen molar-refractivity contribution in [3.05, 3.63) is 108 Å². The molecule has 5 rings (SSSR count). The van der Waals surface area contributed by atoms with Gasteiger partial charge in [0.1, 0.15) is 5.75 Å². The van der Waals surface area contributed by atoms with Crippen LogP contribution in [0.2, 0.25) is 0 Å². The summed E-state index contributed by atoms with van der Waals surface area (Å²) in [5.41, 5.74) is 9.48. The number of nitrogens with zero attached hydrogens (tertiary/aromatic N) is 1. The van der Waals surface area contributed by atoms with E-state index in [2.05, 4.69) is 104 Å². The van der Waals surface area contributed by atoms with Gasteiger partial charge in [0.25, 0.3) is 0 Å². The summed E-state index contributed by atoms with van der Waals surface area (Å²) in [7, 11) is 1.72. The number of hydrogen-bond acceptors (Lipinski definition) is 2. The summed E-state index contributed by atoms with van der Waals surface area (Å²) in [5, 5.41) is 0. The van der Waals surface area contributed by atoms with E-state index < -0.39 is 0 Å². The van der Waals surface area contributed by atoms with Crippen molar-refractivity contribution < 1.29 is 4.74 Å². The third-order valence-corrected chi connectivity index (χ3v) is 8.27. The molecule has 0 bridgehead atoms. The molecule has 38 heavy (non-hydrogen) atoms. The summed E-state index contributed by atoms with van der Waals surface area (Å²) in [6, 6.07) is 35.5. The van der Waals surface area contributed by atoms with Crippen LogP contribution in [0.15, 0.2) is 97.1 Å². The van der Waals surface area contributed by atoms with Crippen LogP contribution < -0.4 is 9.64 Å². The van der Waals surface area contributed by atoms with Crippen molar-refractivity contribution in [2.24, 2.45) is 0 Å². The molecule has 0 unspecified atom stereocenters. The van der Waals surface area contributed by atoms with E-state index in [-0.39, 0.29) is 5.41 Å². The first-order valence-electron chi connectivity index (χ1n) is 14.5. The summed E-state index contributed by atoms with van der Waals surface area (Å²) in [6.45, 7) is 4.62. The molecule has 0 radical (unpaired) electrons. The highest BCUT2D eigenvalue weighted by molar-refractivity contribution is 5.85. The van der Waals surface area contributed by atoms with Crippen molar-refractivity contribution in [1.29, 1.82) is 0 Å². The molecule has 0 aliphatic heterocycles. The Kier molecular flexibility index (Phi) is 8.17. The van der Waals surface area contributed by atoms with Crippen LogP contribution in [-0.4, -0.2) is 7.11 Å². The first-order valence-corrected chi connectivity index (χ1v) is 14.5. The summed E-state index contributed by atoms with van der Waals surface area (Å²) in [5.74, 6) is 0.872. The molecule has 0 spiro atoms. The average Bonchev–Trinajstić information content (AvgIpc) is 3.24. The largest absolute Gasteiger partial charge is 0.497 e. The van der Waals surface area contributed by atoms with Crippen LogP contribution in [0.4, 0.5) is 17.1 Å². The van der Waals surface area contributed by atoms with Gasteiger partial charge in [-0.05, 0) is 83.6 Å². The second-order valence-corrected chi connectivity index (χ2v) is 10.6. The topological polar surface area (TPSA) is 12.5 Å². The molecule has 0 fully saturated rings. The number of unbranched alkanes of at least 4 members (excludes halogenated alkanes) is 4. The van der Waals surface area contributed by atoms with Crippen LogP contribution in [0, 0.1) is 0 Å². The highest BCUT2D eigenvalue weighted by Gasteiger charge is 2.42. The van der Waals surface area contributed by atoms with Gasteiger partial charge in [0, 0.05) is 22.5 Å². The highest BCUT2D eigenvalue weighted by atomic mass is 16.5. The number of hydrogen-bond donors (Lipinski definition) is 0. The Hall–Kier alpha value is -3.52. The van der Waals surface area contributed by atoms with Gasteiger partial charge in [-0.25, -0.2) is 0 Å². The Morgan fingerprint density at radius 3 is 1.82 bits per heavy atom. The molecule has 0 saturated heterocycles. The van der Waals surface area contributed by atoms with Gasteiger partial charge in [-0.3, -0.25) is 0 Å². The quantitative estimate of drug-likeness (QED) is 0.178. The van der Waals surface area contributed by atoms with Gasteiger partial charge < -0.3 is 9.64 Å². The van der Waals surface area contributed by atoms with E-state index in [4.69, 9.17) is 4.74 Å². The SMILES string of the molecule is CCCCCC1(CCCCC)c2ccccc2-c2ccc(N(c3ccccc3)c3ccc(OC)cc3)cc21. The second-order valence-electron chi connectivity index (χ2n) is 10.6. The number of benzene rings is 4. The lowest BCUT2D eigenvalue weighted by Crippen LogP contribution is -2.26. The second kappa shape index (κ2) is 11.9. The smallest absolute Gasteiger partial charge is 0.119 e. The van der Waals surface area contributed by atoms with Gasteiger partial charge in [-0.2, -0.15) is 0 Å². The van der Waals surface area contributed by atoms with E-state index in [1.807, 2.05) is 12.1 Å². The van der Waals surface area contributed by atoms with Crippen molar-refractivity contribution in [3.8, 4) is 16.9 Å². The maximum atomic E-state index is 5.46. The van der Waals surface area contributed by atoms with Crippen LogP contribution >= 0.6 is 0 Å². The Labute approximate surface area is 229 Å². The van der Waals surface area contributed by atoms with Gasteiger partial charge >= 0.3 is 0 Å². The molecule has 0 amide bonds. The fourth-order valence-electron chi connectivity index (χ4n) is 6.36. The molecular formula is C36H41NO. The number of methoxy groups -OCH3 is 1. The Bertz CT molecular complexity index is 1320. The monoisotopic (exact) mass is 503 g/mol. The third kappa shape index (κ3) is 4.97. The molecule has 0 aromatic heterocycles. The first-order chi connectivity index (χ1) is 18.7. The Balaban J connectivity index is 1.66. The summed E-state index contributed by atoms with van der Waals surface area (Å²) in [4.78, 5) is 2.38. The normalized spacial score (nSPS) is 13.1. The lowest BCUT2D eigenvalue weighted by Gasteiger charge is -2.34. The molecule has 0 heterocycles. The van der Waals surface area contributed by atoms with E-state index >= 15 is 0 Å². The summed E-state index contributed by atoms with van der Waals surface area (Å²) < 4.78 is 5.46. The zero-order valence-corrected chi connectivity index (χ0v) is 23.2. The van der Waals surface area contributed by atoms with Gasteiger partial charge in [0.2, 0.25) is 0 Å². The Morgan fingerprint density at radius 1 is 0.579 bits per heavy atom. The van der Waals surface area contributed by atoms with E-state index in [1.54, 1.807) is 7.11 Å². The fraction of sp³-hybridized carbons (Fsp3) is 0.333. The van der Waals surface area contributed by atoms with Gasteiger partial charge in [-0.1, -0.05) is 101 Å². The lowest BCUT2D eigenvalue weighted by molar-refractivity contribution is 0.405. The number of anilines is 3. The standard InChI is InChI=1S/C36H41NO/c1-4-6-13-25-36(26-14-7-5-2)34-18-12-11-17-32(34)33-24-21-30(27-35(33)36)37(28-15-9-8-10-16-28)29-19-22-31(38-3)23-20-29/h8-12,15-24,27H,4-7,13-14,25-26H2,1-3H3. The molecule has 196 valence electrons. The van der Waals surface area contributed by atoms with Crippen molar-refractivity contribution >= 4 is 17.1 Å². The molecule has 1 aliphatic rings. The maximum Gasteiger partial charge on any atom is 0.119 e. The number of fused-ring (bicyclic) bond motifs is 3. The molecule has 2 heteroatoms. The number of para-hydroxylation sites is 1. The van der Waals surface area contributed by atoms with Crippen molar-refractivity contribution in [3.63, 3.8) is 0 Å². The molecule has 0 atom stereocenters. The molecule has 0 N–H and O–H groups in total. The lowest BCUT2D eigenvalue weighted by atomic mass is 9.70. The van der Waals surface area contributed by atoms with Crippen LogP contribution in [0.3, 0.4) is 0 Å².